The minimum atomic E-state index is -0.118. The van der Waals surface area contributed by atoms with Crippen molar-refractivity contribution >= 4 is 17.6 Å². The van der Waals surface area contributed by atoms with Gasteiger partial charge in [0.05, 0.1) is 6.54 Å². The van der Waals surface area contributed by atoms with Crippen LogP contribution in [0.2, 0.25) is 0 Å². The van der Waals surface area contributed by atoms with Crippen molar-refractivity contribution < 1.29 is 18.8 Å². The zero-order valence-corrected chi connectivity index (χ0v) is 14.0. The number of carbonyl (C=O) groups excluding carboxylic acids is 2. The summed E-state index contributed by atoms with van der Waals surface area (Å²) in [6.07, 6.45) is 1.64. The Hall–Kier alpha value is -1.93. The molecule has 0 radical (unpaired) electrons. The van der Waals surface area contributed by atoms with Crippen LogP contribution < -0.4 is 5.32 Å². The molecule has 8 nitrogen and oxygen atoms in total. The highest BCUT2D eigenvalue weighted by Crippen LogP contribution is 2.18. The molecule has 2 fully saturated rings. The van der Waals surface area contributed by atoms with Crippen LogP contribution >= 0.6 is 0 Å². The molecule has 1 aromatic rings. The van der Waals surface area contributed by atoms with E-state index in [4.69, 9.17) is 9.26 Å². The van der Waals surface area contributed by atoms with Gasteiger partial charge in [-0.15, -0.1) is 0 Å². The van der Waals surface area contributed by atoms with E-state index >= 15 is 0 Å². The lowest BCUT2D eigenvalue weighted by Crippen LogP contribution is -2.52. The van der Waals surface area contributed by atoms with E-state index in [0.29, 0.717) is 57.5 Å². The second-order valence-electron chi connectivity index (χ2n) is 6.36. The van der Waals surface area contributed by atoms with Crippen LogP contribution in [0.5, 0.6) is 0 Å². The van der Waals surface area contributed by atoms with Gasteiger partial charge in [0.2, 0.25) is 11.8 Å². The van der Waals surface area contributed by atoms with E-state index in [2.05, 4.69) is 15.4 Å². The standard InChI is InChI=1S/C16H24N4O4/c1-12-10-14(18-24-12)17-15(21)11-19-4-6-20(7-5-19)16(22)13-2-8-23-9-3-13/h10,13H,2-9,11H2,1H3,(H,17,18,21). The summed E-state index contributed by atoms with van der Waals surface area (Å²) in [5.74, 6) is 1.31. The maximum atomic E-state index is 12.5. The van der Waals surface area contributed by atoms with Crippen molar-refractivity contribution in [3.05, 3.63) is 11.8 Å². The van der Waals surface area contributed by atoms with E-state index in [1.54, 1.807) is 13.0 Å². The zero-order chi connectivity index (χ0) is 16.9. The third-order valence-corrected chi connectivity index (χ3v) is 4.52. The van der Waals surface area contributed by atoms with Crippen LogP contribution in [0.15, 0.2) is 10.6 Å². The molecule has 0 aromatic carbocycles. The molecule has 2 saturated heterocycles. The van der Waals surface area contributed by atoms with Gasteiger partial charge >= 0.3 is 0 Å². The zero-order valence-electron chi connectivity index (χ0n) is 14.0. The quantitative estimate of drug-likeness (QED) is 0.861. The lowest BCUT2D eigenvalue weighted by Gasteiger charge is -2.36. The molecule has 3 heterocycles. The van der Waals surface area contributed by atoms with Crippen LogP contribution in [0, 0.1) is 12.8 Å². The topological polar surface area (TPSA) is 87.9 Å². The number of hydrogen-bond acceptors (Lipinski definition) is 6. The first-order valence-electron chi connectivity index (χ1n) is 8.44. The van der Waals surface area contributed by atoms with Crippen molar-refractivity contribution in [1.29, 1.82) is 0 Å². The van der Waals surface area contributed by atoms with Crippen molar-refractivity contribution in [2.45, 2.75) is 19.8 Å². The van der Waals surface area contributed by atoms with Gasteiger partial charge in [-0.05, 0) is 19.8 Å². The monoisotopic (exact) mass is 336 g/mol. The molecule has 1 aromatic heterocycles. The minimum Gasteiger partial charge on any atom is -0.381 e. The van der Waals surface area contributed by atoms with Crippen molar-refractivity contribution in [2.75, 3.05) is 51.3 Å². The summed E-state index contributed by atoms with van der Waals surface area (Å²) in [7, 11) is 0. The first-order valence-corrected chi connectivity index (χ1v) is 8.44. The van der Waals surface area contributed by atoms with Crippen molar-refractivity contribution in [1.82, 2.24) is 15.0 Å². The maximum Gasteiger partial charge on any atom is 0.239 e. The van der Waals surface area contributed by atoms with E-state index in [0.717, 1.165) is 12.8 Å². The molecule has 2 amide bonds. The molecule has 2 aliphatic rings. The number of aryl methyl sites for hydroxylation is 1. The Morgan fingerprint density at radius 3 is 2.58 bits per heavy atom. The Bertz CT molecular complexity index is 574. The summed E-state index contributed by atoms with van der Waals surface area (Å²) in [5.41, 5.74) is 0. The Morgan fingerprint density at radius 1 is 1.25 bits per heavy atom. The number of nitrogens with zero attached hydrogens (tertiary/aromatic N) is 3. The molecule has 0 aliphatic carbocycles. The number of piperazine rings is 1. The van der Waals surface area contributed by atoms with Gasteiger partial charge in [0.15, 0.2) is 5.82 Å². The smallest absolute Gasteiger partial charge is 0.239 e. The second kappa shape index (κ2) is 7.76. The third kappa shape index (κ3) is 4.33. The number of aromatic nitrogens is 1. The predicted octanol–water partition coefficient (Wildman–Crippen LogP) is 0.492. The summed E-state index contributed by atoms with van der Waals surface area (Å²) in [5, 5.41) is 6.46. The van der Waals surface area contributed by atoms with Gasteiger partial charge in [0, 0.05) is 51.4 Å². The largest absolute Gasteiger partial charge is 0.381 e. The second-order valence-corrected chi connectivity index (χ2v) is 6.36. The number of carbonyl (C=O) groups is 2. The summed E-state index contributed by atoms with van der Waals surface area (Å²) in [6, 6.07) is 1.68. The van der Waals surface area contributed by atoms with Gasteiger partial charge < -0.3 is 19.5 Å². The van der Waals surface area contributed by atoms with E-state index < -0.39 is 0 Å². The molecular formula is C16H24N4O4. The van der Waals surface area contributed by atoms with Crippen LogP contribution in [0.1, 0.15) is 18.6 Å². The average Bonchev–Trinajstić information content (AvgIpc) is 3.00. The molecule has 24 heavy (non-hydrogen) atoms. The summed E-state index contributed by atoms with van der Waals surface area (Å²) >= 11 is 0. The lowest BCUT2D eigenvalue weighted by atomic mass is 9.98. The SMILES string of the molecule is Cc1cc(NC(=O)CN2CCN(C(=O)C3CCOCC3)CC2)no1. The van der Waals surface area contributed by atoms with Gasteiger partial charge in [-0.2, -0.15) is 0 Å². The van der Waals surface area contributed by atoms with Crippen LogP contribution in [0.4, 0.5) is 5.82 Å². The molecule has 132 valence electrons. The molecule has 0 unspecified atom stereocenters. The number of amides is 2. The van der Waals surface area contributed by atoms with Crippen molar-refractivity contribution in [2.24, 2.45) is 5.92 Å². The van der Waals surface area contributed by atoms with E-state index in [9.17, 15) is 9.59 Å². The van der Waals surface area contributed by atoms with Crippen LogP contribution in [-0.4, -0.2) is 72.7 Å². The molecule has 2 aliphatic heterocycles. The summed E-state index contributed by atoms with van der Waals surface area (Å²) in [6.45, 7) is 6.19. The summed E-state index contributed by atoms with van der Waals surface area (Å²) in [4.78, 5) is 28.5. The highest BCUT2D eigenvalue weighted by Gasteiger charge is 2.29. The maximum absolute atomic E-state index is 12.5. The van der Waals surface area contributed by atoms with Crippen LogP contribution in [0.25, 0.3) is 0 Å². The molecule has 0 saturated carbocycles. The Balaban J connectivity index is 1.41. The van der Waals surface area contributed by atoms with Gasteiger partial charge in [-0.25, -0.2) is 0 Å². The number of rotatable bonds is 4. The number of hydrogen-bond donors (Lipinski definition) is 1. The molecule has 0 atom stereocenters. The van der Waals surface area contributed by atoms with Gasteiger partial charge in [-0.3, -0.25) is 14.5 Å². The minimum absolute atomic E-state index is 0.101. The average molecular weight is 336 g/mol. The summed E-state index contributed by atoms with van der Waals surface area (Å²) < 4.78 is 10.2. The fraction of sp³-hybridized carbons (Fsp3) is 0.688. The van der Waals surface area contributed by atoms with Crippen LogP contribution in [-0.2, 0) is 14.3 Å². The van der Waals surface area contributed by atoms with E-state index in [1.807, 2.05) is 4.90 Å². The van der Waals surface area contributed by atoms with Gasteiger partial charge in [0.1, 0.15) is 5.76 Å². The first-order chi connectivity index (χ1) is 11.6. The Morgan fingerprint density at radius 2 is 1.96 bits per heavy atom. The lowest BCUT2D eigenvalue weighted by molar-refractivity contribution is -0.140. The molecule has 1 N–H and O–H groups in total. The molecule has 3 rings (SSSR count). The van der Waals surface area contributed by atoms with E-state index in [-0.39, 0.29) is 17.7 Å². The highest BCUT2D eigenvalue weighted by atomic mass is 16.5. The van der Waals surface area contributed by atoms with Gasteiger partial charge in [-0.1, -0.05) is 5.16 Å². The molecule has 0 spiro atoms. The van der Waals surface area contributed by atoms with Crippen LogP contribution in [0.3, 0.4) is 0 Å². The molecular weight excluding hydrogens is 312 g/mol. The molecule has 0 bridgehead atoms. The number of ether oxygens (including phenoxy) is 1. The first kappa shape index (κ1) is 16.9. The van der Waals surface area contributed by atoms with Crippen molar-refractivity contribution in [3.8, 4) is 0 Å². The normalized spacial score (nSPS) is 20.1. The molecule has 8 heteroatoms. The number of anilines is 1. The fourth-order valence-electron chi connectivity index (χ4n) is 3.14. The van der Waals surface area contributed by atoms with Gasteiger partial charge in [0.25, 0.3) is 0 Å². The highest BCUT2D eigenvalue weighted by molar-refractivity contribution is 5.91. The Labute approximate surface area is 141 Å². The number of nitrogens with one attached hydrogen (secondary N) is 1. The Kier molecular flexibility index (Phi) is 5.47. The third-order valence-electron chi connectivity index (χ3n) is 4.52. The predicted molar refractivity (Wildman–Crippen MR) is 86.4 cm³/mol. The van der Waals surface area contributed by atoms with E-state index in [1.165, 1.54) is 0 Å². The fourth-order valence-corrected chi connectivity index (χ4v) is 3.14. The van der Waals surface area contributed by atoms with Crippen molar-refractivity contribution in [3.63, 3.8) is 0 Å².